The van der Waals surface area contributed by atoms with E-state index in [-0.39, 0.29) is 106 Å². The molecule has 0 spiro atoms. The van der Waals surface area contributed by atoms with Crippen LogP contribution in [-0.4, -0.2) is 506 Å². The maximum Gasteiger partial charge on any atom is 0.471 e. The van der Waals surface area contributed by atoms with Gasteiger partial charge < -0.3 is 198 Å². The number of carboxylic acid groups (broad SMARTS) is 2. The van der Waals surface area contributed by atoms with Crippen molar-refractivity contribution in [3.63, 3.8) is 0 Å². The predicted octanol–water partition coefficient (Wildman–Crippen LogP) is -8.74. The molecule has 1 aliphatic carbocycles. The molecule has 22 N–H and O–H groups in total. The van der Waals surface area contributed by atoms with E-state index in [4.69, 9.17) is 81.1 Å². The lowest BCUT2D eigenvalue weighted by atomic mass is 9.80. The molecule has 57 heteroatoms. The molecule has 1 saturated carbocycles. The minimum atomic E-state index is -4.92. The number of piperidine rings is 1. The Morgan fingerprint density at radius 3 is 1.58 bits per heavy atom. The van der Waals surface area contributed by atoms with Crippen LogP contribution < -0.4 is 15.5 Å². The smallest absolute Gasteiger partial charge is 0.471 e. The third kappa shape index (κ3) is 30.0. The number of nitrogens with one attached hydrogen (secondary N) is 2. The van der Waals surface area contributed by atoms with Crippen molar-refractivity contribution in [2.45, 2.75) is 298 Å². The van der Waals surface area contributed by atoms with Gasteiger partial charge in [0.15, 0.2) is 43.4 Å². The molecule has 21 aliphatic heterocycles. The van der Waals surface area contributed by atoms with Crippen molar-refractivity contribution >= 4 is 87.8 Å². The number of esters is 1. The molecular formula is C85H128F3N8O44S2+. The number of nitrogens with zero attached hydrogens (tertiary/aromatic N) is 6. The van der Waals surface area contributed by atoms with Crippen LogP contribution in [0.3, 0.4) is 0 Å². The number of carboxylic acids is 2. The van der Waals surface area contributed by atoms with Crippen LogP contribution in [0.1, 0.15) is 77.6 Å². The number of unbranched alkanes of at least 4 members (excludes halogenated alkanes) is 2. The zero-order valence-corrected chi connectivity index (χ0v) is 79.0. The number of hydrogen-bond acceptors (Lipinski definition) is 49. The first-order valence-corrected chi connectivity index (χ1v) is 48.3. The van der Waals surface area contributed by atoms with E-state index in [1.54, 1.807) is 16.3 Å². The Balaban J connectivity index is 0.000000401. The minimum absolute atomic E-state index is 0.00557. The highest BCUT2D eigenvalue weighted by molar-refractivity contribution is 7.99. The molecule has 0 aromatic carbocycles. The van der Waals surface area contributed by atoms with E-state index in [9.17, 15) is 154 Å². The largest absolute Gasteiger partial charge is 0.481 e. The Kier molecular flexibility index (Phi) is 45.2. The van der Waals surface area contributed by atoms with Crippen LogP contribution in [0.15, 0.2) is 18.6 Å². The fraction of sp³-hybridized carbons (Fsp3) is 0.812. The van der Waals surface area contributed by atoms with Gasteiger partial charge in [-0.3, -0.25) is 28.8 Å². The third-order valence-electron chi connectivity index (χ3n) is 25.7. The summed E-state index contributed by atoms with van der Waals surface area (Å²) < 4.78 is 131. The lowest BCUT2D eigenvalue weighted by Crippen LogP contribution is -2.68. The summed E-state index contributed by atoms with van der Waals surface area (Å²) >= 11 is 1.81. The summed E-state index contributed by atoms with van der Waals surface area (Å²) in [4.78, 5) is 108. The number of likely N-dealkylation sites (tertiary alicyclic amines) is 1. The number of aromatic nitrogens is 3. The van der Waals surface area contributed by atoms with Crippen molar-refractivity contribution in [2.75, 3.05) is 121 Å². The fourth-order valence-electron chi connectivity index (χ4n) is 17.6. The highest BCUT2D eigenvalue weighted by atomic mass is 32.2. The lowest BCUT2D eigenvalue weighted by molar-refractivity contribution is -0.393. The van der Waals surface area contributed by atoms with Crippen LogP contribution in [0.5, 0.6) is 0 Å². The summed E-state index contributed by atoms with van der Waals surface area (Å²) in [6.45, 7) is 0.628. The molecule has 22 aliphatic rings. The van der Waals surface area contributed by atoms with Crippen LogP contribution in [0.2, 0.25) is 0 Å². The van der Waals surface area contributed by atoms with Gasteiger partial charge in [-0.1, -0.05) is 13.3 Å². The van der Waals surface area contributed by atoms with E-state index in [0.717, 1.165) is 29.9 Å². The van der Waals surface area contributed by atoms with Gasteiger partial charge in [0, 0.05) is 94.1 Å². The maximum atomic E-state index is 12.9. The summed E-state index contributed by atoms with van der Waals surface area (Å²) in [5.74, 6) is -9.06. The number of carbonyl (C=O) groups is 8. The summed E-state index contributed by atoms with van der Waals surface area (Å²) in [6, 6.07) is 2.35. The number of anilines is 1. The zero-order valence-electron chi connectivity index (χ0n) is 77.3. The van der Waals surface area contributed by atoms with Crippen molar-refractivity contribution in [1.29, 1.82) is 5.26 Å². The highest BCUT2D eigenvalue weighted by Crippen LogP contribution is 2.42. The average molecular weight is 2090 g/mol. The first-order chi connectivity index (χ1) is 67.5. The molecular weight excluding hydrogens is 1960 g/mol. The number of likely N-dealkylation sites (N-methyl/N-ethyl adjacent to an activating group) is 2. The second kappa shape index (κ2) is 54.9. The summed E-state index contributed by atoms with van der Waals surface area (Å²) in [5.41, 5.74) is 0.311. The molecule has 24 rings (SSSR count). The molecule has 142 heavy (non-hydrogen) atoms. The normalized spacial score (nSPS) is 36.8. The van der Waals surface area contributed by atoms with Gasteiger partial charge in [0.1, 0.15) is 185 Å². The van der Waals surface area contributed by atoms with Gasteiger partial charge in [-0.05, 0) is 44.7 Å². The number of ketones is 2. The predicted molar refractivity (Wildman–Crippen MR) is 468 cm³/mol. The molecule has 0 radical (unpaired) electrons. The highest BCUT2D eigenvalue weighted by Gasteiger charge is 2.60. The van der Waals surface area contributed by atoms with Gasteiger partial charge in [0.05, 0.1) is 100.0 Å². The summed E-state index contributed by atoms with van der Waals surface area (Å²) in [6.07, 6.45) is -66.5. The number of ether oxygens (including phenoxy) is 16. The van der Waals surface area contributed by atoms with Crippen molar-refractivity contribution in [3.05, 3.63) is 25.5 Å². The standard InChI is InChI=1S/C58H93NO38S2.C27H34F3N7O6/c1-19(65)3-5-84-6-4-22(66)7-21(51(80)81)15-98-17-31-25-9-24(67)53(91-31)93-45-20(10-60)8-26(33(68)34(45)69)85-46-27(11-61)88-57(41(76)35(46)70)97-50-32(18-99-16-23(59-2)52(82)83)92-58(44(79)39(50)74)96-49-30(14-64)90-56(43(78)38(49)73)95-48-29(13-63)89-55(42(77)37(48)72)94-47-28(12-62)87-54(86-25)40(75)36(47)71;1-18-8-12-36(21(38)7-10-31)16-20(18)35(2)23-19-9-13-37(24(19)34-17-33-23)26(41)43-15-14-42-22(39)6-4-3-5-11-32-25(40)27(28,29)30/h20-21,23-50,53-64,67-79H,1,3-18H2,2H3,(H-,80,81,82,83);9,13,17-18,20H,3-8,11-12,14-16H2,1-2H3,(H,32,40)/p+1/t20?,21-,23-,24?,25-,26+,27?,28?,29?,30?,31?,32?,33?,34+,35+,36+,37+,38+,39+,40?,41?,42?,43?,44?,45+,46+,47+,48+,49+,50+,53+,54-,55+,56+,57-,58-;18-,20+/m01/s1. The number of nitriles is 1. The quantitative estimate of drug-likeness (QED) is 0.0171. The second-order valence-electron chi connectivity index (χ2n) is 35.5. The number of fused-ring (bicyclic) bond motifs is 1. The number of carbonyl (C=O) groups excluding carboxylic acids is 6. The van der Waals surface area contributed by atoms with Crippen molar-refractivity contribution in [2.24, 2.45) is 17.8 Å². The minimum Gasteiger partial charge on any atom is -0.481 e. The number of Topliss-reactive ketones (excluding diaryl/α,β-unsaturated/α-hetero) is 2. The number of halogens is 3. The number of hydrogen-bond donors (Lipinski definition) is 22. The van der Waals surface area contributed by atoms with Crippen LogP contribution >= 0.6 is 23.5 Å². The number of alkyl halides is 3. The first kappa shape index (κ1) is 117. The fourth-order valence-corrected chi connectivity index (χ4v) is 20.0. The molecule has 2 aromatic rings. The number of amides is 2. The monoisotopic (exact) mass is 2090 g/mol. The van der Waals surface area contributed by atoms with E-state index in [1.807, 2.05) is 18.0 Å². The average Bonchev–Trinajstić information content (AvgIpc) is 1.10. The maximum absolute atomic E-state index is 12.9. The molecule has 2 aromatic heterocycles. The lowest BCUT2D eigenvalue weighted by Gasteiger charge is -2.50. The zero-order chi connectivity index (χ0) is 104. The van der Waals surface area contributed by atoms with Crippen molar-refractivity contribution < 1.29 is 229 Å². The number of aliphatic hydroxyl groups excluding tert-OH is 18. The molecule has 804 valence electrons. The second-order valence-corrected chi connectivity index (χ2v) is 37.6. The van der Waals surface area contributed by atoms with E-state index >= 15 is 0 Å². The summed E-state index contributed by atoms with van der Waals surface area (Å²) in [7, 11) is 3.22. The van der Waals surface area contributed by atoms with Gasteiger partial charge in [-0.15, -0.1) is 0 Å². The molecule has 14 unspecified atom stereocenters. The van der Waals surface area contributed by atoms with Gasteiger partial charge in [-0.25, -0.2) is 24.1 Å². The van der Waals surface area contributed by atoms with Crippen LogP contribution in [0.4, 0.5) is 23.8 Å². The van der Waals surface area contributed by atoms with Gasteiger partial charge in [0.25, 0.3) is 0 Å². The van der Waals surface area contributed by atoms with Crippen LogP contribution in [-0.2, 0) is 109 Å². The van der Waals surface area contributed by atoms with Gasteiger partial charge in [-0.2, -0.15) is 42.0 Å². The van der Waals surface area contributed by atoms with E-state index < -0.39 is 320 Å². The molecule has 21 saturated heterocycles. The van der Waals surface area contributed by atoms with Crippen molar-refractivity contribution in [3.8, 4) is 6.07 Å². The van der Waals surface area contributed by atoms with Crippen LogP contribution in [0, 0.1) is 36.0 Å². The Hall–Kier alpha value is -6.89. The van der Waals surface area contributed by atoms with E-state index in [1.165, 1.54) is 24.1 Å². The van der Waals surface area contributed by atoms with E-state index in [2.05, 4.69) is 29.1 Å². The number of aliphatic carboxylic acids is 2. The Morgan fingerprint density at radius 2 is 1.06 bits per heavy atom. The van der Waals surface area contributed by atoms with Gasteiger partial charge in [0.2, 0.25) is 5.91 Å². The van der Waals surface area contributed by atoms with E-state index in [0.29, 0.717) is 42.8 Å². The van der Waals surface area contributed by atoms with Crippen molar-refractivity contribution in [1.82, 2.24) is 30.1 Å². The molecule has 2 amide bonds. The third-order valence-corrected chi connectivity index (χ3v) is 28.0. The molecule has 23 heterocycles. The Morgan fingerprint density at radius 1 is 0.570 bits per heavy atom. The SMILES string of the molecule is C[C@@H]1CCN(C(=O)CC#N)C[C@@H]1N(C)c1ncnc2c1ccn2C(=O)OCCOC(=O)CCCCCNC(=O)C(F)(F)F.[CH2+]C(=O)CCOCCC(=O)C[C@@H](CSCC1O[C@@H]2O[C@@H]3C(CO)C[C@@H](O[C@@H]4C(CO)O[C@@H](O[C@@H]5C(CSC[C@H](NC)C(=O)O)O[C@@H](O[C@@H]6C(CO)O[C@H](O[C@@H]7C(CO)O[C@H](O[C@@H]8C(CO)O[C@H](O[C@H]1CC2O)C(O)[C@H]8O)C(O)[C@H]7O)C(O)[C@H]6O)C(O)[C@H]5O)C(O)[C@H]4O)C(O)[C@H]3O)C(=O)O. The topological polar surface area (TPSA) is 774 Å². The Labute approximate surface area is 818 Å². The summed E-state index contributed by atoms with van der Waals surface area (Å²) in [5, 5.41) is 239. The van der Waals surface area contributed by atoms with Gasteiger partial charge >= 0.3 is 41.9 Å². The number of aliphatic hydroxyl groups is 18. The number of rotatable bonds is 36. The molecule has 22 fully saturated rings. The molecule has 38 atom stereocenters. The first-order valence-electron chi connectivity index (χ1n) is 46.0. The van der Waals surface area contributed by atoms with Crippen LogP contribution in [0.25, 0.3) is 11.0 Å². The number of thioether (sulfide) groups is 2. The Bertz CT molecular complexity index is 4390. The molecule has 14 bridgehead atoms. The molecule has 52 nitrogen and oxygen atoms in total.